The number of halogens is 1. The monoisotopic (exact) mass is 234 g/mol. The fraction of sp³-hybridized carbons (Fsp3) is 0.286. The maximum atomic E-state index is 10.4. The quantitative estimate of drug-likeness (QED) is 0.752. The van der Waals surface area contributed by atoms with Gasteiger partial charge in [0.25, 0.3) is 0 Å². The lowest BCUT2D eigenvalue weighted by Crippen LogP contribution is -2.00. The summed E-state index contributed by atoms with van der Waals surface area (Å²) in [6.45, 7) is 0. The van der Waals surface area contributed by atoms with E-state index in [0.29, 0.717) is 0 Å². The molecule has 0 N–H and O–H groups in total. The van der Waals surface area contributed by atoms with E-state index in [2.05, 4.69) is 15.9 Å². The minimum absolute atomic E-state index is 0.427. The summed E-state index contributed by atoms with van der Waals surface area (Å²) in [7, 11) is 1.52. The summed E-state index contributed by atoms with van der Waals surface area (Å²) >= 11 is 4.82. The van der Waals surface area contributed by atoms with Crippen molar-refractivity contribution in [1.82, 2.24) is 0 Å². The van der Waals surface area contributed by atoms with E-state index in [1.54, 1.807) is 0 Å². The van der Waals surface area contributed by atoms with Crippen LogP contribution in [0.3, 0.4) is 0 Å². The minimum Gasteiger partial charge on any atom is -0.368 e. The number of carbonyl (C=O) groups excluding carboxylic acids is 1. The molecule has 0 saturated carbocycles. The van der Waals surface area contributed by atoms with Gasteiger partial charge in [-0.15, -0.1) is 11.3 Å². The SMILES string of the molecule is COC(C=O)c1sccc1Br. The predicted octanol–water partition coefficient (Wildman–Crippen LogP) is 2.40. The molecule has 0 bridgehead atoms. The fourth-order valence-corrected chi connectivity index (χ4v) is 2.36. The summed E-state index contributed by atoms with van der Waals surface area (Å²) in [5.41, 5.74) is 0. The molecule has 0 aromatic carbocycles. The van der Waals surface area contributed by atoms with Crippen molar-refractivity contribution in [2.45, 2.75) is 6.10 Å². The summed E-state index contributed by atoms with van der Waals surface area (Å²) in [5.74, 6) is 0. The first-order chi connectivity index (χ1) is 5.29. The van der Waals surface area contributed by atoms with Crippen molar-refractivity contribution >= 4 is 33.6 Å². The highest BCUT2D eigenvalue weighted by Crippen LogP contribution is 2.29. The third-order valence-electron chi connectivity index (χ3n) is 1.28. The van der Waals surface area contributed by atoms with E-state index in [4.69, 9.17) is 4.74 Å². The Hall–Kier alpha value is -0.190. The van der Waals surface area contributed by atoms with Crippen LogP contribution in [0.5, 0.6) is 0 Å². The van der Waals surface area contributed by atoms with Crippen LogP contribution in [0.25, 0.3) is 0 Å². The van der Waals surface area contributed by atoms with Crippen LogP contribution in [-0.4, -0.2) is 13.4 Å². The molecule has 1 heterocycles. The van der Waals surface area contributed by atoms with Crippen molar-refractivity contribution < 1.29 is 9.53 Å². The standard InChI is InChI=1S/C7H7BrO2S/c1-10-6(4-9)7-5(8)2-3-11-7/h2-4,6H,1H3. The maximum absolute atomic E-state index is 10.4. The predicted molar refractivity (Wildman–Crippen MR) is 47.8 cm³/mol. The van der Waals surface area contributed by atoms with Crippen LogP contribution in [0, 0.1) is 0 Å². The Bertz CT molecular complexity index is 246. The van der Waals surface area contributed by atoms with Crippen molar-refractivity contribution in [2.24, 2.45) is 0 Å². The lowest BCUT2D eigenvalue weighted by Gasteiger charge is -2.04. The smallest absolute Gasteiger partial charge is 0.154 e. The molecule has 0 radical (unpaired) electrons. The van der Waals surface area contributed by atoms with Gasteiger partial charge in [0.1, 0.15) is 6.10 Å². The molecule has 1 rings (SSSR count). The number of carbonyl (C=O) groups is 1. The van der Waals surface area contributed by atoms with Crippen LogP contribution >= 0.6 is 27.3 Å². The first-order valence-electron chi connectivity index (χ1n) is 3.00. The number of hydrogen-bond acceptors (Lipinski definition) is 3. The van der Waals surface area contributed by atoms with Crippen LogP contribution in [-0.2, 0) is 9.53 Å². The maximum Gasteiger partial charge on any atom is 0.154 e. The van der Waals surface area contributed by atoms with Crippen molar-refractivity contribution in [2.75, 3.05) is 7.11 Å². The first-order valence-corrected chi connectivity index (χ1v) is 4.68. The van der Waals surface area contributed by atoms with E-state index in [-0.39, 0.29) is 0 Å². The summed E-state index contributed by atoms with van der Waals surface area (Å²) in [4.78, 5) is 11.4. The Kier molecular flexibility index (Phi) is 3.23. The Morgan fingerprint density at radius 2 is 2.55 bits per heavy atom. The highest BCUT2D eigenvalue weighted by Gasteiger charge is 2.13. The van der Waals surface area contributed by atoms with Gasteiger partial charge in [0, 0.05) is 11.6 Å². The molecular weight excluding hydrogens is 228 g/mol. The average molecular weight is 235 g/mol. The van der Waals surface area contributed by atoms with Gasteiger partial charge in [0.2, 0.25) is 0 Å². The summed E-state index contributed by atoms with van der Waals surface area (Å²) < 4.78 is 5.87. The van der Waals surface area contributed by atoms with Crippen molar-refractivity contribution in [3.05, 3.63) is 20.8 Å². The molecule has 0 fully saturated rings. The zero-order valence-corrected chi connectivity index (χ0v) is 8.31. The van der Waals surface area contributed by atoms with Gasteiger partial charge < -0.3 is 9.53 Å². The molecule has 1 aromatic rings. The molecule has 4 heteroatoms. The lowest BCUT2D eigenvalue weighted by atomic mass is 10.3. The highest BCUT2D eigenvalue weighted by atomic mass is 79.9. The van der Waals surface area contributed by atoms with Crippen LogP contribution < -0.4 is 0 Å². The number of aldehydes is 1. The third-order valence-corrected chi connectivity index (χ3v) is 3.21. The van der Waals surface area contributed by atoms with Gasteiger partial charge in [-0.05, 0) is 27.4 Å². The summed E-state index contributed by atoms with van der Waals surface area (Å²) in [5, 5.41) is 1.91. The van der Waals surface area contributed by atoms with E-state index in [1.807, 2.05) is 11.4 Å². The van der Waals surface area contributed by atoms with E-state index in [0.717, 1.165) is 15.6 Å². The molecule has 11 heavy (non-hydrogen) atoms. The zero-order chi connectivity index (χ0) is 8.27. The summed E-state index contributed by atoms with van der Waals surface area (Å²) in [6.07, 6.45) is 0.362. The largest absolute Gasteiger partial charge is 0.368 e. The molecule has 1 atom stereocenters. The number of rotatable bonds is 3. The normalized spacial score (nSPS) is 12.9. The summed E-state index contributed by atoms with van der Waals surface area (Å²) in [6, 6.07) is 1.90. The van der Waals surface area contributed by atoms with Crippen LogP contribution in [0.15, 0.2) is 15.9 Å². The Balaban J connectivity index is 2.89. The molecule has 0 aliphatic heterocycles. The van der Waals surface area contributed by atoms with Crippen LogP contribution in [0.1, 0.15) is 11.0 Å². The van der Waals surface area contributed by atoms with Gasteiger partial charge in [0.15, 0.2) is 6.29 Å². The second kappa shape index (κ2) is 3.99. The molecule has 60 valence electrons. The van der Waals surface area contributed by atoms with Crippen LogP contribution in [0.4, 0.5) is 0 Å². The molecule has 0 saturated heterocycles. The minimum atomic E-state index is -0.427. The van der Waals surface area contributed by atoms with Crippen molar-refractivity contribution in [3.8, 4) is 0 Å². The van der Waals surface area contributed by atoms with E-state index in [1.165, 1.54) is 18.4 Å². The Morgan fingerprint density at radius 1 is 1.82 bits per heavy atom. The third kappa shape index (κ3) is 1.89. The van der Waals surface area contributed by atoms with Gasteiger partial charge in [-0.3, -0.25) is 0 Å². The van der Waals surface area contributed by atoms with Crippen molar-refractivity contribution in [1.29, 1.82) is 0 Å². The number of thiophene rings is 1. The molecule has 1 aromatic heterocycles. The number of ether oxygens (including phenoxy) is 1. The lowest BCUT2D eigenvalue weighted by molar-refractivity contribution is -0.116. The average Bonchev–Trinajstić information content (AvgIpc) is 2.40. The molecule has 0 aliphatic carbocycles. The zero-order valence-electron chi connectivity index (χ0n) is 5.91. The topological polar surface area (TPSA) is 26.3 Å². The molecule has 0 spiro atoms. The second-order valence-electron chi connectivity index (χ2n) is 1.93. The molecular formula is C7H7BrO2S. The number of methoxy groups -OCH3 is 1. The van der Waals surface area contributed by atoms with Crippen LogP contribution in [0.2, 0.25) is 0 Å². The molecule has 0 aliphatic rings. The molecule has 0 amide bonds. The van der Waals surface area contributed by atoms with Gasteiger partial charge in [-0.25, -0.2) is 0 Å². The Morgan fingerprint density at radius 3 is 2.91 bits per heavy atom. The van der Waals surface area contributed by atoms with E-state index >= 15 is 0 Å². The molecule has 1 unspecified atom stereocenters. The van der Waals surface area contributed by atoms with Gasteiger partial charge in [0.05, 0.1) is 4.88 Å². The van der Waals surface area contributed by atoms with Gasteiger partial charge in [-0.1, -0.05) is 0 Å². The fourth-order valence-electron chi connectivity index (χ4n) is 0.733. The first kappa shape index (κ1) is 8.90. The van der Waals surface area contributed by atoms with Gasteiger partial charge >= 0.3 is 0 Å². The second-order valence-corrected chi connectivity index (χ2v) is 3.73. The van der Waals surface area contributed by atoms with Crippen molar-refractivity contribution in [3.63, 3.8) is 0 Å². The Labute approximate surface area is 77.3 Å². The number of hydrogen-bond donors (Lipinski definition) is 0. The molecule has 2 nitrogen and oxygen atoms in total. The van der Waals surface area contributed by atoms with E-state index < -0.39 is 6.10 Å². The highest BCUT2D eigenvalue weighted by molar-refractivity contribution is 9.10. The van der Waals surface area contributed by atoms with E-state index in [9.17, 15) is 4.79 Å². The van der Waals surface area contributed by atoms with Gasteiger partial charge in [-0.2, -0.15) is 0 Å².